The standard InChI is InChI=1S/C8H5ClN2O3/c9-6-2-1-4-5(10-6)3-7(11-4)14-8(12)13/h1-3,11H,(H,12,13). The van der Waals surface area contributed by atoms with Crippen LogP contribution in [0.1, 0.15) is 0 Å². The molecule has 0 aliphatic rings. The number of halogens is 1. The number of rotatable bonds is 1. The van der Waals surface area contributed by atoms with Gasteiger partial charge in [0.1, 0.15) is 5.15 Å². The number of ether oxygens (including phenoxy) is 1. The van der Waals surface area contributed by atoms with E-state index in [4.69, 9.17) is 16.7 Å². The highest BCUT2D eigenvalue weighted by Crippen LogP contribution is 2.20. The van der Waals surface area contributed by atoms with Crippen molar-refractivity contribution in [1.29, 1.82) is 0 Å². The minimum absolute atomic E-state index is 0.127. The average Bonchev–Trinajstić information content (AvgIpc) is 2.44. The number of carbonyl (C=O) groups is 1. The van der Waals surface area contributed by atoms with E-state index in [1.807, 2.05) is 0 Å². The molecular weight excluding hydrogens is 208 g/mol. The van der Waals surface area contributed by atoms with Crippen molar-refractivity contribution in [3.05, 3.63) is 23.4 Å². The number of nitrogens with zero attached hydrogens (tertiary/aromatic N) is 1. The van der Waals surface area contributed by atoms with Gasteiger partial charge in [0, 0.05) is 6.07 Å². The molecule has 2 rings (SSSR count). The van der Waals surface area contributed by atoms with Gasteiger partial charge in [-0.05, 0) is 12.1 Å². The van der Waals surface area contributed by atoms with Gasteiger partial charge in [0.05, 0.1) is 11.0 Å². The summed E-state index contributed by atoms with van der Waals surface area (Å²) < 4.78 is 4.42. The molecule has 0 bridgehead atoms. The van der Waals surface area contributed by atoms with Crippen molar-refractivity contribution in [1.82, 2.24) is 9.97 Å². The summed E-state index contributed by atoms with van der Waals surface area (Å²) in [4.78, 5) is 16.9. The minimum Gasteiger partial charge on any atom is -0.449 e. The second-order valence-corrected chi connectivity index (χ2v) is 2.96. The van der Waals surface area contributed by atoms with E-state index in [1.54, 1.807) is 12.1 Å². The normalized spacial score (nSPS) is 10.4. The molecule has 2 aromatic heterocycles. The second kappa shape index (κ2) is 3.19. The fourth-order valence-corrected chi connectivity index (χ4v) is 1.26. The van der Waals surface area contributed by atoms with E-state index in [0.29, 0.717) is 16.2 Å². The van der Waals surface area contributed by atoms with Gasteiger partial charge in [-0.25, -0.2) is 9.78 Å². The first-order chi connectivity index (χ1) is 6.65. The first kappa shape index (κ1) is 8.83. The summed E-state index contributed by atoms with van der Waals surface area (Å²) >= 11 is 5.65. The quantitative estimate of drug-likeness (QED) is 0.562. The molecule has 0 radical (unpaired) electrons. The van der Waals surface area contributed by atoms with Crippen LogP contribution in [0.4, 0.5) is 4.79 Å². The van der Waals surface area contributed by atoms with E-state index < -0.39 is 6.16 Å². The molecule has 14 heavy (non-hydrogen) atoms. The minimum atomic E-state index is -1.37. The van der Waals surface area contributed by atoms with Gasteiger partial charge in [-0.1, -0.05) is 11.6 Å². The lowest BCUT2D eigenvalue weighted by molar-refractivity contribution is 0.143. The molecule has 6 heteroatoms. The lowest BCUT2D eigenvalue weighted by Gasteiger charge is -1.91. The smallest absolute Gasteiger partial charge is 0.449 e. The van der Waals surface area contributed by atoms with Crippen LogP contribution in [-0.2, 0) is 0 Å². The molecule has 0 spiro atoms. The fraction of sp³-hybridized carbons (Fsp3) is 0. The Morgan fingerprint density at radius 1 is 1.57 bits per heavy atom. The first-order valence-electron chi connectivity index (χ1n) is 3.71. The highest BCUT2D eigenvalue weighted by molar-refractivity contribution is 6.29. The summed E-state index contributed by atoms with van der Waals surface area (Å²) in [6.07, 6.45) is -1.37. The average molecular weight is 213 g/mol. The van der Waals surface area contributed by atoms with Crippen molar-refractivity contribution in [3.63, 3.8) is 0 Å². The van der Waals surface area contributed by atoms with Crippen LogP contribution in [0.5, 0.6) is 5.88 Å². The van der Waals surface area contributed by atoms with Gasteiger partial charge in [-0.3, -0.25) is 0 Å². The zero-order valence-electron chi connectivity index (χ0n) is 6.82. The number of hydrogen-bond donors (Lipinski definition) is 2. The van der Waals surface area contributed by atoms with E-state index in [0.717, 1.165) is 0 Å². The highest BCUT2D eigenvalue weighted by atomic mass is 35.5. The highest BCUT2D eigenvalue weighted by Gasteiger charge is 2.06. The Kier molecular flexibility index (Phi) is 2.01. The van der Waals surface area contributed by atoms with E-state index in [-0.39, 0.29) is 5.88 Å². The predicted molar refractivity (Wildman–Crippen MR) is 49.8 cm³/mol. The SMILES string of the molecule is O=C(O)Oc1cc2nc(Cl)ccc2[nH]1. The summed E-state index contributed by atoms with van der Waals surface area (Å²) in [6, 6.07) is 4.76. The molecule has 0 unspecified atom stereocenters. The van der Waals surface area contributed by atoms with Gasteiger partial charge in [-0.2, -0.15) is 0 Å². The van der Waals surface area contributed by atoms with Crippen LogP contribution in [0.2, 0.25) is 5.15 Å². The van der Waals surface area contributed by atoms with E-state index in [2.05, 4.69) is 14.7 Å². The number of aromatic nitrogens is 2. The predicted octanol–water partition coefficient (Wildman–Crippen LogP) is 2.27. The Hall–Kier alpha value is -1.75. The van der Waals surface area contributed by atoms with Crippen LogP contribution in [0.3, 0.4) is 0 Å². The third kappa shape index (κ3) is 1.62. The molecule has 0 atom stereocenters. The number of carboxylic acid groups (broad SMARTS) is 1. The number of fused-ring (bicyclic) bond motifs is 1. The van der Waals surface area contributed by atoms with Crippen LogP contribution in [-0.4, -0.2) is 21.2 Å². The van der Waals surface area contributed by atoms with Crippen LogP contribution in [0.15, 0.2) is 18.2 Å². The molecule has 0 aliphatic carbocycles. The lowest BCUT2D eigenvalue weighted by atomic mass is 10.4. The Balaban J connectivity index is 2.46. The Labute approximate surface area is 83.3 Å². The molecular formula is C8H5ClN2O3. The summed E-state index contributed by atoms with van der Waals surface area (Å²) in [6.45, 7) is 0. The molecule has 2 heterocycles. The Bertz CT molecular complexity index is 494. The maximum absolute atomic E-state index is 10.2. The number of hydrogen-bond acceptors (Lipinski definition) is 3. The van der Waals surface area contributed by atoms with Gasteiger partial charge in [0.2, 0.25) is 5.88 Å². The topological polar surface area (TPSA) is 75.2 Å². The van der Waals surface area contributed by atoms with Gasteiger partial charge in [0.25, 0.3) is 0 Å². The summed E-state index contributed by atoms with van der Waals surface area (Å²) in [5.74, 6) is 0.127. The number of H-pyrrole nitrogens is 1. The molecule has 0 aromatic carbocycles. The fourth-order valence-electron chi connectivity index (χ4n) is 1.11. The van der Waals surface area contributed by atoms with Crippen molar-refractivity contribution in [2.75, 3.05) is 0 Å². The third-order valence-electron chi connectivity index (χ3n) is 1.61. The van der Waals surface area contributed by atoms with Crippen molar-refractivity contribution in [2.45, 2.75) is 0 Å². The molecule has 2 N–H and O–H groups in total. The third-order valence-corrected chi connectivity index (χ3v) is 1.82. The van der Waals surface area contributed by atoms with Crippen LogP contribution in [0.25, 0.3) is 11.0 Å². The summed E-state index contributed by atoms with van der Waals surface area (Å²) in [5.41, 5.74) is 1.24. The van der Waals surface area contributed by atoms with Crippen molar-refractivity contribution < 1.29 is 14.6 Å². The number of nitrogens with one attached hydrogen (secondary N) is 1. The van der Waals surface area contributed by atoms with Gasteiger partial charge < -0.3 is 14.8 Å². The summed E-state index contributed by atoms with van der Waals surface area (Å²) in [7, 11) is 0. The maximum atomic E-state index is 10.2. The molecule has 0 saturated heterocycles. The Morgan fingerprint density at radius 2 is 2.36 bits per heavy atom. The molecule has 2 aromatic rings. The van der Waals surface area contributed by atoms with Crippen LogP contribution >= 0.6 is 11.6 Å². The van der Waals surface area contributed by atoms with Crippen LogP contribution < -0.4 is 4.74 Å². The molecule has 72 valence electrons. The lowest BCUT2D eigenvalue weighted by Crippen LogP contribution is -2.02. The first-order valence-corrected chi connectivity index (χ1v) is 4.09. The van der Waals surface area contributed by atoms with E-state index in [9.17, 15) is 4.79 Å². The van der Waals surface area contributed by atoms with Crippen molar-refractivity contribution in [2.24, 2.45) is 0 Å². The van der Waals surface area contributed by atoms with Crippen molar-refractivity contribution in [3.8, 4) is 5.88 Å². The zero-order valence-corrected chi connectivity index (χ0v) is 7.58. The molecule has 0 amide bonds. The maximum Gasteiger partial charge on any atom is 0.512 e. The molecule has 0 fully saturated rings. The second-order valence-electron chi connectivity index (χ2n) is 2.57. The zero-order chi connectivity index (χ0) is 10.1. The molecule has 5 nitrogen and oxygen atoms in total. The largest absolute Gasteiger partial charge is 0.512 e. The molecule has 0 saturated carbocycles. The van der Waals surface area contributed by atoms with Gasteiger partial charge in [0.15, 0.2) is 0 Å². The van der Waals surface area contributed by atoms with Crippen molar-refractivity contribution >= 4 is 28.8 Å². The van der Waals surface area contributed by atoms with Crippen LogP contribution in [0, 0.1) is 0 Å². The number of pyridine rings is 1. The number of aromatic amines is 1. The molecule has 0 aliphatic heterocycles. The van der Waals surface area contributed by atoms with Gasteiger partial charge in [-0.15, -0.1) is 0 Å². The van der Waals surface area contributed by atoms with Gasteiger partial charge >= 0.3 is 6.16 Å². The van der Waals surface area contributed by atoms with E-state index >= 15 is 0 Å². The Morgan fingerprint density at radius 3 is 3.07 bits per heavy atom. The van der Waals surface area contributed by atoms with E-state index in [1.165, 1.54) is 6.07 Å². The summed E-state index contributed by atoms with van der Waals surface area (Å²) in [5, 5.41) is 8.70. The monoisotopic (exact) mass is 212 g/mol.